The lowest BCUT2D eigenvalue weighted by Crippen LogP contribution is -2.38. The molecule has 7 nitrogen and oxygen atoms in total. The number of ether oxygens (including phenoxy) is 1. The Bertz CT molecular complexity index is 1250. The Morgan fingerprint density at radius 2 is 1.91 bits per heavy atom. The smallest absolute Gasteiger partial charge is 0.254 e. The Hall–Kier alpha value is -3.87. The number of para-hydroxylation sites is 1. The first-order valence-corrected chi connectivity index (χ1v) is 11.3. The van der Waals surface area contributed by atoms with Gasteiger partial charge in [0.05, 0.1) is 17.3 Å². The molecule has 0 unspecified atom stereocenters. The van der Waals surface area contributed by atoms with E-state index in [4.69, 9.17) is 4.74 Å². The predicted octanol–water partition coefficient (Wildman–Crippen LogP) is 4.41. The summed E-state index contributed by atoms with van der Waals surface area (Å²) < 4.78 is 7.69. The van der Waals surface area contributed by atoms with Crippen molar-refractivity contribution < 1.29 is 9.53 Å². The number of nitrogens with zero attached hydrogens (tertiary/aromatic N) is 4. The summed E-state index contributed by atoms with van der Waals surface area (Å²) in [5, 5.41) is 8.22. The monoisotopic (exact) mass is 441 g/mol. The number of carbonyl (C=O) groups is 1. The number of pyridine rings is 1. The van der Waals surface area contributed by atoms with Gasteiger partial charge in [-0.3, -0.25) is 14.5 Å². The zero-order valence-corrected chi connectivity index (χ0v) is 18.6. The second-order valence-electron chi connectivity index (χ2n) is 8.47. The maximum absolute atomic E-state index is 12.3. The van der Waals surface area contributed by atoms with Gasteiger partial charge in [-0.2, -0.15) is 5.10 Å². The zero-order valence-electron chi connectivity index (χ0n) is 18.6. The fourth-order valence-corrected chi connectivity index (χ4v) is 4.33. The van der Waals surface area contributed by atoms with Crippen molar-refractivity contribution in [2.45, 2.75) is 12.8 Å². The van der Waals surface area contributed by atoms with E-state index >= 15 is 0 Å². The largest absolute Gasteiger partial charge is 0.457 e. The number of hydrogen-bond acceptors (Lipinski definition) is 5. The number of hydrogen-bond donors (Lipinski definition) is 1. The first-order valence-electron chi connectivity index (χ1n) is 11.3. The van der Waals surface area contributed by atoms with Gasteiger partial charge in [-0.05, 0) is 55.2 Å². The van der Waals surface area contributed by atoms with Crippen LogP contribution in [0.15, 0.2) is 73.2 Å². The lowest BCUT2D eigenvalue weighted by atomic mass is 9.96. The van der Waals surface area contributed by atoms with Gasteiger partial charge in [0.25, 0.3) is 5.91 Å². The Kier molecular flexibility index (Phi) is 5.93. The number of benzene rings is 2. The summed E-state index contributed by atoms with van der Waals surface area (Å²) in [6.45, 7) is 2.57. The van der Waals surface area contributed by atoms with Crippen LogP contribution in [0.3, 0.4) is 0 Å². The van der Waals surface area contributed by atoms with Gasteiger partial charge in [0.1, 0.15) is 11.5 Å². The Balaban J connectivity index is 1.24. The normalized spacial score (nSPS) is 14.4. The molecule has 168 valence electrons. The number of amides is 1. The first kappa shape index (κ1) is 21.0. The van der Waals surface area contributed by atoms with Crippen molar-refractivity contribution in [3.05, 3.63) is 78.8 Å². The number of fused-ring (bicyclic) bond motifs is 1. The molecule has 33 heavy (non-hydrogen) atoms. The molecule has 1 saturated heterocycles. The summed E-state index contributed by atoms with van der Waals surface area (Å²) in [6.07, 6.45) is 7.26. The molecule has 1 fully saturated rings. The minimum absolute atomic E-state index is 0.0587. The van der Waals surface area contributed by atoms with Crippen LogP contribution in [-0.2, 0) is 7.05 Å². The van der Waals surface area contributed by atoms with Crippen molar-refractivity contribution in [1.29, 1.82) is 0 Å². The number of aryl methyl sites for hydroxylation is 1. The van der Waals surface area contributed by atoms with Gasteiger partial charge < -0.3 is 15.0 Å². The fraction of sp³-hybridized carbons (Fsp3) is 0.269. The number of aromatic nitrogens is 3. The quantitative estimate of drug-likeness (QED) is 0.480. The van der Waals surface area contributed by atoms with Crippen LogP contribution in [-0.4, -0.2) is 40.3 Å². The first-order chi connectivity index (χ1) is 16.2. The van der Waals surface area contributed by atoms with Crippen LogP contribution in [0.2, 0.25) is 0 Å². The van der Waals surface area contributed by atoms with E-state index in [1.165, 1.54) is 5.69 Å². The van der Waals surface area contributed by atoms with E-state index in [0.29, 0.717) is 18.0 Å². The van der Waals surface area contributed by atoms with E-state index in [9.17, 15) is 4.79 Å². The summed E-state index contributed by atoms with van der Waals surface area (Å²) in [5.41, 5.74) is 2.74. The van der Waals surface area contributed by atoms with Crippen molar-refractivity contribution in [1.82, 2.24) is 20.1 Å². The molecule has 4 aromatic rings. The van der Waals surface area contributed by atoms with E-state index in [-0.39, 0.29) is 5.91 Å². The summed E-state index contributed by atoms with van der Waals surface area (Å²) in [5.74, 6) is 2.02. The molecule has 0 bridgehead atoms. The average molecular weight is 442 g/mol. The molecule has 5 rings (SSSR count). The molecule has 7 heteroatoms. The van der Waals surface area contributed by atoms with Crippen molar-refractivity contribution in [3.8, 4) is 11.5 Å². The third kappa shape index (κ3) is 4.82. The molecule has 1 aliphatic heterocycles. The van der Waals surface area contributed by atoms with Crippen LogP contribution in [0, 0.1) is 5.92 Å². The van der Waals surface area contributed by atoms with E-state index in [0.717, 1.165) is 48.3 Å². The highest BCUT2D eigenvalue weighted by Gasteiger charge is 2.22. The van der Waals surface area contributed by atoms with E-state index in [1.807, 2.05) is 55.7 Å². The van der Waals surface area contributed by atoms with Gasteiger partial charge in [-0.15, -0.1) is 0 Å². The van der Waals surface area contributed by atoms with E-state index < -0.39 is 0 Å². The highest BCUT2D eigenvalue weighted by atomic mass is 16.5. The second-order valence-corrected chi connectivity index (χ2v) is 8.47. The van der Waals surface area contributed by atoms with Gasteiger partial charge in [0, 0.05) is 50.1 Å². The summed E-state index contributed by atoms with van der Waals surface area (Å²) in [6, 6.07) is 17.9. The number of nitrogens with one attached hydrogen (secondary N) is 1. The number of anilines is 1. The molecule has 0 saturated carbocycles. The van der Waals surface area contributed by atoms with Crippen LogP contribution < -0.4 is 15.0 Å². The molecule has 0 atom stereocenters. The molecule has 2 aromatic carbocycles. The van der Waals surface area contributed by atoms with Gasteiger partial charge in [0.2, 0.25) is 0 Å². The number of piperidine rings is 1. The molecule has 1 amide bonds. The second kappa shape index (κ2) is 9.32. The van der Waals surface area contributed by atoms with Gasteiger partial charge in [-0.1, -0.05) is 18.2 Å². The molecular weight excluding hydrogens is 414 g/mol. The van der Waals surface area contributed by atoms with Crippen molar-refractivity contribution in [3.63, 3.8) is 0 Å². The molecule has 0 aliphatic carbocycles. The minimum atomic E-state index is -0.0587. The van der Waals surface area contributed by atoms with Crippen molar-refractivity contribution in [2.75, 3.05) is 24.5 Å². The maximum Gasteiger partial charge on any atom is 0.254 e. The van der Waals surface area contributed by atoms with Crippen LogP contribution >= 0.6 is 0 Å². The standard InChI is InChI=1S/C26H27N5O2/c1-30-18-20(17-29-30)26(32)28-16-19-10-13-31(14-11-19)25-9-12-27-24-8-7-22(15-23(24)25)33-21-5-3-2-4-6-21/h2-9,12,15,17-19H,10-11,13-14,16H2,1H3,(H,28,32). The molecule has 1 N–H and O–H groups in total. The van der Waals surface area contributed by atoms with E-state index in [1.54, 1.807) is 17.1 Å². The lowest BCUT2D eigenvalue weighted by molar-refractivity contribution is 0.0945. The Morgan fingerprint density at radius 1 is 1.09 bits per heavy atom. The predicted molar refractivity (Wildman–Crippen MR) is 129 cm³/mol. The van der Waals surface area contributed by atoms with Crippen molar-refractivity contribution in [2.24, 2.45) is 13.0 Å². The Labute approximate surface area is 193 Å². The van der Waals surface area contributed by atoms with Gasteiger partial charge in [-0.25, -0.2) is 0 Å². The summed E-state index contributed by atoms with van der Waals surface area (Å²) in [7, 11) is 1.81. The fourth-order valence-electron chi connectivity index (χ4n) is 4.33. The minimum Gasteiger partial charge on any atom is -0.457 e. The number of rotatable bonds is 6. The SMILES string of the molecule is Cn1cc(C(=O)NCC2CCN(c3ccnc4ccc(Oc5ccccc5)cc34)CC2)cn1. The third-order valence-electron chi connectivity index (χ3n) is 6.14. The maximum atomic E-state index is 12.3. The highest BCUT2D eigenvalue weighted by molar-refractivity contribution is 5.94. The van der Waals surface area contributed by atoms with Gasteiger partial charge >= 0.3 is 0 Å². The van der Waals surface area contributed by atoms with Gasteiger partial charge in [0.15, 0.2) is 0 Å². The number of carbonyl (C=O) groups excluding carboxylic acids is 1. The Morgan fingerprint density at radius 3 is 2.67 bits per heavy atom. The molecule has 0 spiro atoms. The van der Waals surface area contributed by atoms with Crippen LogP contribution in [0.1, 0.15) is 23.2 Å². The molecule has 2 aromatic heterocycles. The van der Waals surface area contributed by atoms with Crippen molar-refractivity contribution >= 4 is 22.5 Å². The topological polar surface area (TPSA) is 72.3 Å². The molecule has 3 heterocycles. The molecular formula is C26H27N5O2. The summed E-state index contributed by atoms with van der Waals surface area (Å²) in [4.78, 5) is 19.3. The van der Waals surface area contributed by atoms with Crippen LogP contribution in [0.5, 0.6) is 11.5 Å². The molecule has 1 aliphatic rings. The van der Waals surface area contributed by atoms with Crippen LogP contribution in [0.4, 0.5) is 5.69 Å². The average Bonchev–Trinajstić information content (AvgIpc) is 3.29. The highest BCUT2D eigenvalue weighted by Crippen LogP contribution is 2.33. The zero-order chi connectivity index (χ0) is 22.6. The third-order valence-corrected chi connectivity index (χ3v) is 6.14. The van der Waals surface area contributed by atoms with E-state index in [2.05, 4.69) is 32.4 Å². The summed E-state index contributed by atoms with van der Waals surface area (Å²) >= 11 is 0. The van der Waals surface area contributed by atoms with Crippen LogP contribution in [0.25, 0.3) is 10.9 Å². The lowest BCUT2D eigenvalue weighted by Gasteiger charge is -2.34. The molecule has 0 radical (unpaired) electrons.